The first kappa shape index (κ1) is 23.8. The Morgan fingerprint density at radius 2 is 1.89 bits per heavy atom. The molecule has 2 fully saturated rings. The number of fused-ring (bicyclic) bond motifs is 3. The number of benzene rings is 2. The minimum absolute atomic E-state index is 0.0260. The minimum Gasteiger partial charge on any atom is -0.382 e. The molecule has 5 rings (SSSR count). The van der Waals surface area contributed by atoms with E-state index in [0.717, 1.165) is 18.5 Å². The fourth-order valence-electron chi connectivity index (χ4n) is 5.58. The van der Waals surface area contributed by atoms with Gasteiger partial charge in [-0.3, -0.25) is 14.2 Å². The molecule has 8 heteroatoms. The molecule has 184 valence electrons. The average Bonchev–Trinajstić information content (AvgIpc) is 3.01. The lowest BCUT2D eigenvalue weighted by Gasteiger charge is -2.37. The molecule has 2 bridgehead atoms. The smallest absolute Gasteiger partial charge is 0.262 e. The van der Waals surface area contributed by atoms with Crippen LogP contribution in [0.25, 0.3) is 22.3 Å². The highest BCUT2D eigenvalue weighted by Gasteiger charge is 2.38. The number of aromatic nitrogens is 2. The lowest BCUT2D eigenvalue weighted by Crippen LogP contribution is -2.44. The second kappa shape index (κ2) is 9.63. The lowest BCUT2D eigenvalue weighted by molar-refractivity contribution is -0.122. The maximum Gasteiger partial charge on any atom is 0.262 e. The predicted molar refractivity (Wildman–Crippen MR) is 141 cm³/mol. The molecule has 1 aromatic heterocycles. The molecular weight excluding hydrogens is 462 g/mol. The Kier molecular flexibility index (Phi) is 6.55. The van der Waals surface area contributed by atoms with Crippen molar-refractivity contribution in [1.82, 2.24) is 19.8 Å². The molecule has 2 aromatic carbocycles. The van der Waals surface area contributed by atoms with Crippen molar-refractivity contribution in [2.75, 3.05) is 12.4 Å². The van der Waals surface area contributed by atoms with Gasteiger partial charge in [-0.05, 0) is 76.9 Å². The highest BCUT2D eigenvalue weighted by Crippen LogP contribution is 2.35. The summed E-state index contributed by atoms with van der Waals surface area (Å²) in [4.78, 5) is 33.7. The van der Waals surface area contributed by atoms with Crippen molar-refractivity contribution in [2.45, 2.75) is 70.2 Å². The summed E-state index contributed by atoms with van der Waals surface area (Å²) < 4.78 is 1.45. The Morgan fingerprint density at radius 3 is 2.57 bits per heavy atom. The van der Waals surface area contributed by atoms with Gasteiger partial charge in [0.05, 0.1) is 10.9 Å². The number of amides is 1. The summed E-state index contributed by atoms with van der Waals surface area (Å²) in [6.45, 7) is 3.67. The second-order valence-electron chi connectivity index (χ2n) is 10.2. The SMILES string of the molecule is CC(C)NC(=O)Cn1c(-c2cccc(Cl)c2)nc2ccc(NC3CC4CCC(C3)N4C)cc2c1=O. The Labute approximate surface area is 210 Å². The first-order valence-electron chi connectivity index (χ1n) is 12.4. The molecule has 2 unspecified atom stereocenters. The number of anilines is 1. The highest BCUT2D eigenvalue weighted by atomic mass is 35.5. The van der Waals surface area contributed by atoms with E-state index in [2.05, 4.69) is 22.6 Å². The van der Waals surface area contributed by atoms with Crippen molar-refractivity contribution in [1.29, 1.82) is 0 Å². The van der Waals surface area contributed by atoms with Crippen molar-refractivity contribution >= 4 is 34.1 Å². The molecule has 35 heavy (non-hydrogen) atoms. The summed E-state index contributed by atoms with van der Waals surface area (Å²) >= 11 is 6.22. The van der Waals surface area contributed by atoms with Crippen molar-refractivity contribution in [3.8, 4) is 11.4 Å². The number of nitrogens with zero attached hydrogens (tertiary/aromatic N) is 3. The third-order valence-electron chi connectivity index (χ3n) is 7.26. The largest absolute Gasteiger partial charge is 0.382 e. The first-order chi connectivity index (χ1) is 16.8. The van der Waals surface area contributed by atoms with Gasteiger partial charge < -0.3 is 15.5 Å². The molecule has 0 saturated carbocycles. The normalized spacial score (nSPS) is 22.0. The van der Waals surface area contributed by atoms with Crippen LogP contribution in [0.4, 0.5) is 5.69 Å². The molecule has 1 amide bonds. The van der Waals surface area contributed by atoms with Gasteiger partial charge in [0.15, 0.2) is 0 Å². The Hall–Kier alpha value is -2.90. The van der Waals surface area contributed by atoms with Crippen LogP contribution in [-0.2, 0) is 11.3 Å². The summed E-state index contributed by atoms with van der Waals surface area (Å²) in [5.41, 5.74) is 1.97. The Morgan fingerprint density at radius 1 is 1.14 bits per heavy atom. The van der Waals surface area contributed by atoms with Crippen molar-refractivity contribution < 1.29 is 4.79 Å². The van der Waals surface area contributed by atoms with Gasteiger partial charge in [-0.25, -0.2) is 4.98 Å². The number of carbonyl (C=O) groups excluding carboxylic acids is 1. The van der Waals surface area contributed by atoms with Crippen molar-refractivity contribution in [3.63, 3.8) is 0 Å². The van der Waals surface area contributed by atoms with Crippen molar-refractivity contribution in [3.05, 3.63) is 57.8 Å². The van der Waals surface area contributed by atoms with E-state index in [1.54, 1.807) is 12.1 Å². The van der Waals surface area contributed by atoms with Crippen LogP contribution >= 0.6 is 11.6 Å². The number of hydrogen-bond donors (Lipinski definition) is 2. The molecule has 2 N–H and O–H groups in total. The fourth-order valence-corrected chi connectivity index (χ4v) is 5.77. The van der Waals surface area contributed by atoms with Gasteiger partial charge in [0.2, 0.25) is 5.91 Å². The van der Waals surface area contributed by atoms with Gasteiger partial charge >= 0.3 is 0 Å². The molecule has 7 nitrogen and oxygen atoms in total. The van der Waals surface area contributed by atoms with Gasteiger partial charge in [-0.15, -0.1) is 0 Å². The molecule has 2 atom stereocenters. The van der Waals surface area contributed by atoms with Crippen molar-refractivity contribution in [2.24, 2.45) is 0 Å². The highest BCUT2D eigenvalue weighted by molar-refractivity contribution is 6.30. The third-order valence-corrected chi connectivity index (χ3v) is 7.49. The van der Waals surface area contributed by atoms with Crippen LogP contribution < -0.4 is 16.2 Å². The summed E-state index contributed by atoms with van der Waals surface area (Å²) in [5, 5.41) is 7.57. The Bertz CT molecular complexity index is 1310. The van der Waals surface area contributed by atoms with E-state index in [-0.39, 0.29) is 24.1 Å². The predicted octanol–water partition coefficient (Wildman–Crippen LogP) is 4.28. The lowest BCUT2D eigenvalue weighted by atomic mass is 9.97. The van der Waals surface area contributed by atoms with Crippen LogP contribution in [0.5, 0.6) is 0 Å². The van der Waals surface area contributed by atoms with Crippen LogP contribution in [-0.4, -0.2) is 51.6 Å². The number of rotatable bonds is 6. The molecule has 2 aliphatic rings. The van der Waals surface area contributed by atoms with Crippen LogP contribution in [0, 0.1) is 0 Å². The van der Waals surface area contributed by atoms with E-state index in [0.29, 0.717) is 45.4 Å². The average molecular weight is 494 g/mol. The monoisotopic (exact) mass is 493 g/mol. The van der Waals surface area contributed by atoms with Gasteiger partial charge in [-0.1, -0.05) is 23.7 Å². The molecular formula is C27H32ClN5O2. The zero-order valence-corrected chi connectivity index (χ0v) is 21.2. The summed E-state index contributed by atoms with van der Waals surface area (Å²) in [6, 6.07) is 14.6. The summed E-state index contributed by atoms with van der Waals surface area (Å²) in [6.07, 6.45) is 4.74. The number of carbonyl (C=O) groups is 1. The number of halogens is 1. The van der Waals surface area contributed by atoms with Gasteiger partial charge in [0.1, 0.15) is 12.4 Å². The zero-order chi connectivity index (χ0) is 24.7. The topological polar surface area (TPSA) is 79.3 Å². The standard InChI is InChI=1S/C27H32ClN5O2/c1-16(2)29-25(34)15-33-26(17-5-4-6-18(28)11-17)31-24-10-7-19(14-23(24)27(33)35)30-20-12-21-8-9-22(13-20)32(21)3/h4-7,10-11,14,16,20-22,30H,8-9,12-13,15H2,1-3H3,(H,29,34). The number of piperidine rings is 1. The van der Waals surface area contributed by atoms with E-state index in [1.807, 2.05) is 44.2 Å². The van der Waals surface area contributed by atoms with E-state index in [1.165, 1.54) is 17.4 Å². The maximum absolute atomic E-state index is 13.7. The van der Waals surface area contributed by atoms with Crippen LogP contribution in [0.2, 0.25) is 5.02 Å². The molecule has 0 radical (unpaired) electrons. The molecule has 0 aliphatic carbocycles. The van der Waals surface area contributed by atoms with E-state index < -0.39 is 0 Å². The summed E-state index contributed by atoms with van der Waals surface area (Å²) in [7, 11) is 2.23. The second-order valence-corrected chi connectivity index (χ2v) is 10.6. The van der Waals surface area contributed by atoms with Gasteiger partial charge in [-0.2, -0.15) is 0 Å². The molecule has 2 saturated heterocycles. The molecule has 3 heterocycles. The van der Waals surface area contributed by atoms with Gasteiger partial charge in [0, 0.05) is 40.4 Å². The molecule has 2 aliphatic heterocycles. The number of nitrogens with one attached hydrogen (secondary N) is 2. The zero-order valence-electron chi connectivity index (χ0n) is 20.4. The Balaban J connectivity index is 1.52. The first-order valence-corrected chi connectivity index (χ1v) is 12.7. The molecule has 3 aromatic rings. The van der Waals surface area contributed by atoms with Crippen LogP contribution in [0.1, 0.15) is 39.5 Å². The maximum atomic E-state index is 13.7. The third kappa shape index (κ3) is 4.93. The summed E-state index contributed by atoms with van der Waals surface area (Å²) in [5.74, 6) is 0.194. The quantitative estimate of drug-likeness (QED) is 0.536. The molecule has 0 spiro atoms. The number of hydrogen-bond acceptors (Lipinski definition) is 5. The minimum atomic E-state index is -0.240. The fraction of sp³-hybridized carbons (Fsp3) is 0.444. The van der Waals surface area contributed by atoms with E-state index >= 15 is 0 Å². The van der Waals surface area contributed by atoms with E-state index in [9.17, 15) is 9.59 Å². The van der Waals surface area contributed by atoms with E-state index in [4.69, 9.17) is 16.6 Å². The van der Waals surface area contributed by atoms with Crippen LogP contribution in [0.3, 0.4) is 0 Å². The van der Waals surface area contributed by atoms with Crippen LogP contribution in [0.15, 0.2) is 47.3 Å². The van der Waals surface area contributed by atoms with Gasteiger partial charge in [0.25, 0.3) is 5.56 Å².